The van der Waals surface area contributed by atoms with E-state index in [1.165, 1.54) is 12.8 Å². The first-order valence-electron chi connectivity index (χ1n) is 7.98. The van der Waals surface area contributed by atoms with E-state index in [0.29, 0.717) is 5.92 Å². The second-order valence-electron chi connectivity index (χ2n) is 6.33. The van der Waals surface area contributed by atoms with Gasteiger partial charge in [0.1, 0.15) is 0 Å². The van der Waals surface area contributed by atoms with Crippen LogP contribution in [-0.2, 0) is 10.0 Å². The van der Waals surface area contributed by atoms with Crippen molar-refractivity contribution >= 4 is 10.0 Å². The molecule has 0 aromatic heterocycles. The zero-order valence-corrected chi connectivity index (χ0v) is 13.4. The molecule has 0 aliphatic carbocycles. The third kappa shape index (κ3) is 5.68. The molecule has 2 rings (SSSR count). The maximum atomic E-state index is 12.1. The lowest BCUT2D eigenvalue weighted by atomic mass is 9.96. The number of nitrogens with one attached hydrogen (secondary N) is 2. The Bertz CT molecular complexity index is 374. The van der Waals surface area contributed by atoms with Gasteiger partial charge in [-0.25, -0.2) is 13.1 Å². The fraction of sp³-hybridized carbons (Fsp3) is 1.00. The van der Waals surface area contributed by atoms with E-state index in [1.54, 1.807) is 0 Å². The monoisotopic (exact) mass is 303 g/mol. The van der Waals surface area contributed by atoms with Gasteiger partial charge in [-0.3, -0.25) is 0 Å². The molecular weight excluding hydrogens is 274 g/mol. The van der Waals surface area contributed by atoms with Crippen LogP contribution < -0.4 is 10.0 Å². The van der Waals surface area contributed by atoms with Gasteiger partial charge in [0.2, 0.25) is 10.0 Å². The van der Waals surface area contributed by atoms with Crippen LogP contribution in [0.4, 0.5) is 0 Å². The van der Waals surface area contributed by atoms with Crippen LogP contribution in [0.5, 0.6) is 0 Å². The summed E-state index contributed by atoms with van der Waals surface area (Å²) in [5.41, 5.74) is 0. The number of likely N-dealkylation sites (tertiary alicyclic amines) is 1. The van der Waals surface area contributed by atoms with Crippen molar-refractivity contribution in [1.82, 2.24) is 14.9 Å². The van der Waals surface area contributed by atoms with Crippen molar-refractivity contribution in [2.45, 2.75) is 45.1 Å². The van der Waals surface area contributed by atoms with Crippen LogP contribution in [0, 0.1) is 5.92 Å². The highest BCUT2D eigenvalue weighted by molar-refractivity contribution is 7.89. The Hall–Kier alpha value is -0.170. The molecule has 2 saturated heterocycles. The first-order chi connectivity index (χ1) is 9.55. The third-order valence-electron chi connectivity index (χ3n) is 4.37. The highest BCUT2D eigenvalue weighted by atomic mass is 32.2. The van der Waals surface area contributed by atoms with Crippen molar-refractivity contribution in [1.29, 1.82) is 0 Å². The SMILES string of the molecule is CC(CN1CCCC1)NS(=O)(=O)CCC1CCNCC1. The first-order valence-corrected chi connectivity index (χ1v) is 9.63. The second-order valence-corrected chi connectivity index (χ2v) is 8.20. The lowest BCUT2D eigenvalue weighted by Gasteiger charge is -2.24. The molecule has 2 heterocycles. The Labute approximate surface area is 123 Å². The van der Waals surface area contributed by atoms with Gasteiger partial charge in [0.25, 0.3) is 0 Å². The summed E-state index contributed by atoms with van der Waals surface area (Å²) < 4.78 is 27.1. The van der Waals surface area contributed by atoms with E-state index in [1.807, 2.05) is 6.92 Å². The van der Waals surface area contributed by atoms with Gasteiger partial charge in [0.05, 0.1) is 5.75 Å². The van der Waals surface area contributed by atoms with E-state index in [2.05, 4.69) is 14.9 Å². The van der Waals surface area contributed by atoms with Crippen molar-refractivity contribution in [2.24, 2.45) is 5.92 Å². The van der Waals surface area contributed by atoms with Crippen LogP contribution in [0.1, 0.15) is 39.0 Å². The molecule has 0 aromatic rings. The minimum absolute atomic E-state index is 0.0196. The number of nitrogens with zero attached hydrogens (tertiary/aromatic N) is 1. The van der Waals surface area contributed by atoms with Crippen LogP contribution in [-0.4, -0.2) is 57.8 Å². The van der Waals surface area contributed by atoms with E-state index in [-0.39, 0.29) is 11.8 Å². The zero-order chi connectivity index (χ0) is 14.4. The Morgan fingerprint density at radius 2 is 1.90 bits per heavy atom. The van der Waals surface area contributed by atoms with Gasteiger partial charge in [-0.1, -0.05) is 0 Å². The molecule has 0 bridgehead atoms. The molecular formula is C14H29N3O2S. The Morgan fingerprint density at radius 3 is 2.55 bits per heavy atom. The van der Waals surface area contributed by atoms with Crippen molar-refractivity contribution in [3.05, 3.63) is 0 Å². The number of hydrogen-bond donors (Lipinski definition) is 2. The summed E-state index contributed by atoms with van der Waals surface area (Å²) in [6.07, 6.45) is 5.51. The predicted molar refractivity (Wildman–Crippen MR) is 82.3 cm³/mol. The number of piperidine rings is 1. The lowest BCUT2D eigenvalue weighted by molar-refractivity contribution is 0.312. The number of rotatable bonds is 7. The molecule has 1 unspecified atom stereocenters. The lowest BCUT2D eigenvalue weighted by Crippen LogP contribution is -2.42. The molecule has 0 radical (unpaired) electrons. The van der Waals surface area contributed by atoms with E-state index >= 15 is 0 Å². The smallest absolute Gasteiger partial charge is 0.211 e. The summed E-state index contributed by atoms with van der Waals surface area (Å²) >= 11 is 0. The Kier molecular flexibility index (Phi) is 6.26. The molecule has 2 N–H and O–H groups in total. The second kappa shape index (κ2) is 7.73. The summed E-state index contributed by atoms with van der Waals surface area (Å²) in [7, 11) is -3.12. The van der Waals surface area contributed by atoms with Crippen LogP contribution in [0.25, 0.3) is 0 Å². The van der Waals surface area contributed by atoms with Crippen LogP contribution in [0.2, 0.25) is 0 Å². The van der Waals surface area contributed by atoms with Gasteiger partial charge in [0, 0.05) is 12.6 Å². The summed E-state index contributed by atoms with van der Waals surface area (Å²) in [5, 5.41) is 3.31. The molecule has 2 fully saturated rings. The van der Waals surface area contributed by atoms with Crippen molar-refractivity contribution < 1.29 is 8.42 Å². The van der Waals surface area contributed by atoms with Gasteiger partial charge in [0.15, 0.2) is 0 Å². The van der Waals surface area contributed by atoms with Gasteiger partial charge in [-0.15, -0.1) is 0 Å². The van der Waals surface area contributed by atoms with Crippen molar-refractivity contribution in [3.63, 3.8) is 0 Å². The molecule has 118 valence electrons. The van der Waals surface area contributed by atoms with Crippen LogP contribution in [0.3, 0.4) is 0 Å². The first kappa shape index (κ1) is 16.2. The van der Waals surface area contributed by atoms with Gasteiger partial charge < -0.3 is 10.2 Å². The normalized spacial score (nSPS) is 24.1. The zero-order valence-electron chi connectivity index (χ0n) is 12.6. The Morgan fingerprint density at radius 1 is 1.25 bits per heavy atom. The van der Waals surface area contributed by atoms with Gasteiger partial charge in [-0.2, -0.15) is 0 Å². The fourth-order valence-electron chi connectivity index (χ4n) is 3.25. The van der Waals surface area contributed by atoms with E-state index in [4.69, 9.17) is 0 Å². The fourth-order valence-corrected chi connectivity index (χ4v) is 4.70. The van der Waals surface area contributed by atoms with E-state index < -0.39 is 10.0 Å². The minimum atomic E-state index is -3.12. The molecule has 0 spiro atoms. The average molecular weight is 303 g/mol. The molecule has 0 saturated carbocycles. The summed E-state index contributed by atoms with van der Waals surface area (Å²) in [5.74, 6) is 0.851. The standard InChI is InChI=1S/C14H29N3O2S/c1-13(12-17-9-2-3-10-17)16-20(18,19)11-6-14-4-7-15-8-5-14/h13-16H,2-12H2,1H3. The molecule has 0 aromatic carbocycles. The largest absolute Gasteiger partial charge is 0.317 e. The molecule has 20 heavy (non-hydrogen) atoms. The highest BCUT2D eigenvalue weighted by Crippen LogP contribution is 2.16. The highest BCUT2D eigenvalue weighted by Gasteiger charge is 2.21. The van der Waals surface area contributed by atoms with Gasteiger partial charge in [-0.05, 0) is 71.1 Å². The van der Waals surface area contributed by atoms with Crippen molar-refractivity contribution in [3.8, 4) is 0 Å². The van der Waals surface area contributed by atoms with Crippen LogP contribution in [0.15, 0.2) is 0 Å². The number of hydrogen-bond acceptors (Lipinski definition) is 4. The molecule has 6 heteroatoms. The molecule has 2 aliphatic heterocycles. The summed E-state index contributed by atoms with van der Waals surface area (Å²) in [6, 6.07) is 0.0196. The Balaban J connectivity index is 1.68. The summed E-state index contributed by atoms with van der Waals surface area (Å²) in [6.45, 7) is 7.10. The average Bonchev–Trinajstić information content (AvgIpc) is 2.90. The number of sulfonamides is 1. The topological polar surface area (TPSA) is 61.4 Å². The van der Waals surface area contributed by atoms with Crippen molar-refractivity contribution in [2.75, 3.05) is 38.5 Å². The molecule has 0 amide bonds. The maximum Gasteiger partial charge on any atom is 0.211 e. The quantitative estimate of drug-likeness (QED) is 0.730. The third-order valence-corrected chi connectivity index (χ3v) is 5.90. The van der Waals surface area contributed by atoms with E-state index in [0.717, 1.165) is 52.0 Å². The summed E-state index contributed by atoms with van der Waals surface area (Å²) in [4.78, 5) is 2.35. The molecule has 2 aliphatic rings. The van der Waals surface area contributed by atoms with Gasteiger partial charge >= 0.3 is 0 Å². The van der Waals surface area contributed by atoms with Crippen LogP contribution >= 0.6 is 0 Å². The van der Waals surface area contributed by atoms with E-state index in [9.17, 15) is 8.42 Å². The molecule has 1 atom stereocenters. The maximum absolute atomic E-state index is 12.1. The minimum Gasteiger partial charge on any atom is -0.317 e. The predicted octanol–water partition coefficient (Wildman–Crippen LogP) is 0.780. The molecule has 5 nitrogen and oxygen atoms in total.